The minimum absolute atomic E-state index is 0.226. The van der Waals surface area contributed by atoms with Crippen molar-refractivity contribution in [2.24, 2.45) is 0 Å². The molecule has 32 heavy (non-hydrogen) atoms. The fourth-order valence-electron chi connectivity index (χ4n) is 5.78. The van der Waals surface area contributed by atoms with Crippen molar-refractivity contribution in [3.8, 4) is 10.4 Å². The molecule has 3 fully saturated rings. The number of rotatable bonds is 4. The first kappa shape index (κ1) is 22.1. The third kappa shape index (κ3) is 4.66. The molecule has 5 heteroatoms. The van der Waals surface area contributed by atoms with E-state index in [1.165, 1.54) is 67.9 Å². The lowest BCUT2D eigenvalue weighted by Gasteiger charge is -2.41. The van der Waals surface area contributed by atoms with Gasteiger partial charge in [0, 0.05) is 24.0 Å². The van der Waals surface area contributed by atoms with E-state index in [0.29, 0.717) is 5.92 Å². The normalized spacial score (nSPS) is 22.0. The third-order valence-corrected chi connectivity index (χ3v) is 9.18. The maximum Gasteiger partial charge on any atom is 0.264 e. The van der Waals surface area contributed by atoms with E-state index in [4.69, 9.17) is 0 Å². The van der Waals surface area contributed by atoms with E-state index in [0.717, 1.165) is 42.4 Å². The maximum absolute atomic E-state index is 12.9. The van der Waals surface area contributed by atoms with Gasteiger partial charge in [-0.15, -0.1) is 11.3 Å². The number of thiophene rings is 1. The monoisotopic (exact) mass is 451 g/mol. The van der Waals surface area contributed by atoms with Gasteiger partial charge in [0.25, 0.3) is 5.91 Å². The van der Waals surface area contributed by atoms with Crippen LogP contribution < -0.4 is 0 Å². The summed E-state index contributed by atoms with van der Waals surface area (Å²) in [4.78, 5) is 22.2. The van der Waals surface area contributed by atoms with Crippen LogP contribution in [0, 0.1) is 6.92 Å². The summed E-state index contributed by atoms with van der Waals surface area (Å²) >= 11 is 1.66. The van der Waals surface area contributed by atoms with Crippen LogP contribution >= 0.6 is 11.3 Å². The number of hydrogen-bond acceptors (Lipinski definition) is 4. The third-order valence-electron chi connectivity index (χ3n) is 7.91. The van der Waals surface area contributed by atoms with Gasteiger partial charge in [-0.25, -0.2) is 0 Å². The molecule has 4 heterocycles. The molecule has 5 rings (SSSR count). The Hall–Kier alpha value is -1.69. The van der Waals surface area contributed by atoms with Crippen LogP contribution in [0.25, 0.3) is 10.4 Å². The van der Waals surface area contributed by atoms with Gasteiger partial charge in [-0.05, 0) is 107 Å². The first-order valence-corrected chi connectivity index (χ1v) is 13.3. The Morgan fingerprint density at radius 3 is 2.22 bits per heavy atom. The lowest BCUT2D eigenvalue weighted by Crippen LogP contribution is -2.46. The van der Waals surface area contributed by atoms with Gasteiger partial charge in [-0.3, -0.25) is 4.79 Å². The Kier molecular flexibility index (Phi) is 6.68. The predicted octanol–water partition coefficient (Wildman–Crippen LogP) is 5.23. The minimum atomic E-state index is 0.226. The molecule has 2 aromatic rings. The summed E-state index contributed by atoms with van der Waals surface area (Å²) in [5.41, 5.74) is 3.84. The van der Waals surface area contributed by atoms with Crippen molar-refractivity contribution < 1.29 is 4.79 Å². The molecule has 172 valence electrons. The van der Waals surface area contributed by atoms with Crippen LogP contribution in [0.1, 0.15) is 65.2 Å². The van der Waals surface area contributed by atoms with E-state index >= 15 is 0 Å². The number of piperidine rings is 2. The van der Waals surface area contributed by atoms with Crippen LogP contribution in [0.4, 0.5) is 0 Å². The highest BCUT2D eigenvalue weighted by Gasteiger charge is 2.28. The number of benzene rings is 1. The molecule has 0 bridgehead atoms. The van der Waals surface area contributed by atoms with Gasteiger partial charge in [0.2, 0.25) is 0 Å². The number of likely N-dealkylation sites (tertiary alicyclic amines) is 3. The van der Waals surface area contributed by atoms with E-state index in [1.807, 2.05) is 4.90 Å². The molecule has 0 aliphatic carbocycles. The second kappa shape index (κ2) is 9.66. The van der Waals surface area contributed by atoms with Crippen LogP contribution in [0.5, 0.6) is 0 Å². The fraction of sp³-hybridized carbons (Fsp3) is 0.593. The van der Waals surface area contributed by atoms with Crippen molar-refractivity contribution in [1.82, 2.24) is 14.7 Å². The fourth-order valence-corrected chi connectivity index (χ4v) is 6.92. The number of aryl methyl sites for hydroxylation is 1. The highest BCUT2D eigenvalue weighted by molar-refractivity contribution is 7.17. The van der Waals surface area contributed by atoms with E-state index < -0.39 is 0 Å². The molecule has 3 saturated heterocycles. The zero-order chi connectivity index (χ0) is 22.1. The van der Waals surface area contributed by atoms with Gasteiger partial charge in [0.1, 0.15) is 0 Å². The van der Waals surface area contributed by atoms with Gasteiger partial charge < -0.3 is 14.7 Å². The molecule has 0 unspecified atom stereocenters. The summed E-state index contributed by atoms with van der Waals surface area (Å²) in [6.45, 7) is 8.89. The Morgan fingerprint density at radius 2 is 1.56 bits per heavy atom. The molecular weight excluding hydrogens is 414 g/mol. The summed E-state index contributed by atoms with van der Waals surface area (Å²) in [6.07, 6.45) is 7.50. The number of carbonyl (C=O) groups excluding carboxylic acids is 1. The van der Waals surface area contributed by atoms with Gasteiger partial charge in [-0.2, -0.15) is 0 Å². The molecule has 4 nitrogen and oxygen atoms in total. The van der Waals surface area contributed by atoms with Crippen LogP contribution in [0.3, 0.4) is 0 Å². The predicted molar refractivity (Wildman–Crippen MR) is 134 cm³/mol. The zero-order valence-electron chi connectivity index (χ0n) is 19.7. The van der Waals surface area contributed by atoms with Crippen LogP contribution in [-0.4, -0.2) is 73.0 Å². The number of hydrogen-bond donors (Lipinski definition) is 0. The molecule has 1 aromatic carbocycles. The van der Waals surface area contributed by atoms with Gasteiger partial charge in [0.05, 0.1) is 4.88 Å². The zero-order valence-corrected chi connectivity index (χ0v) is 20.5. The first-order valence-electron chi connectivity index (χ1n) is 12.5. The summed E-state index contributed by atoms with van der Waals surface area (Å²) in [7, 11) is 2.25. The van der Waals surface area contributed by atoms with E-state index in [1.54, 1.807) is 11.3 Å². The van der Waals surface area contributed by atoms with Crippen molar-refractivity contribution >= 4 is 17.2 Å². The Labute approximate surface area is 197 Å². The summed E-state index contributed by atoms with van der Waals surface area (Å²) in [6, 6.07) is 12.2. The Balaban J connectivity index is 1.21. The van der Waals surface area contributed by atoms with Gasteiger partial charge in [0.15, 0.2) is 0 Å². The molecule has 0 atom stereocenters. The molecular formula is C27H37N3OS. The standard InChI is InChI=1S/C27H37N3OS/c1-20-19-25(32-26(20)27(31)30-13-3-4-14-30)23-7-5-21(6-8-23)22-9-17-29(18-10-22)24-11-15-28(2)16-12-24/h5-8,19,22,24H,3-4,9-18H2,1-2H3. The van der Waals surface area contributed by atoms with E-state index in [-0.39, 0.29) is 5.91 Å². The maximum atomic E-state index is 12.9. The molecule has 0 saturated carbocycles. The minimum Gasteiger partial charge on any atom is -0.338 e. The van der Waals surface area contributed by atoms with Crippen molar-refractivity contribution in [3.63, 3.8) is 0 Å². The number of amides is 1. The Morgan fingerprint density at radius 1 is 0.906 bits per heavy atom. The van der Waals surface area contributed by atoms with Gasteiger partial charge >= 0.3 is 0 Å². The average Bonchev–Trinajstić information content (AvgIpc) is 3.50. The molecule has 1 aromatic heterocycles. The lowest BCUT2D eigenvalue weighted by atomic mass is 9.87. The van der Waals surface area contributed by atoms with E-state index in [9.17, 15) is 4.79 Å². The average molecular weight is 452 g/mol. The van der Waals surface area contributed by atoms with Crippen LogP contribution in [0.15, 0.2) is 30.3 Å². The number of nitrogens with zero attached hydrogens (tertiary/aromatic N) is 3. The second-order valence-corrected chi connectivity index (χ2v) is 11.1. The van der Waals surface area contributed by atoms with Crippen molar-refractivity contribution in [1.29, 1.82) is 0 Å². The topological polar surface area (TPSA) is 26.8 Å². The van der Waals surface area contributed by atoms with Crippen LogP contribution in [-0.2, 0) is 0 Å². The van der Waals surface area contributed by atoms with Crippen molar-refractivity contribution in [3.05, 3.63) is 46.3 Å². The molecule has 3 aliphatic rings. The van der Waals surface area contributed by atoms with Crippen molar-refractivity contribution in [2.45, 2.75) is 57.4 Å². The molecule has 1 amide bonds. The number of carbonyl (C=O) groups is 1. The summed E-state index contributed by atoms with van der Waals surface area (Å²) in [5, 5.41) is 0. The lowest BCUT2D eigenvalue weighted by molar-refractivity contribution is 0.0797. The van der Waals surface area contributed by atoms with Gasteiger partial charge in [-0.1, -0.05) is 24.3 Å². The quantitative estimate of drug-likeness (QED) is 0.637. The second-order valence-electron chi connectivity index (χ2n) is 10.1. The Bertz CT molecular complexity index is 915. The molecule has 0 spiro atoms. The molecule has 3 aliphatic heterocycles. The molecule has 0 radical (unpaired) electrons. The van der Waals surface area contributed by atoms with Crippen LogP contribution in [0.2, 0.25) is 0 Å². The first-order chi connectivity index (χ1) is 15.6. The highest BCUT2D eigenvalue weighted by atomic mass is 32.1. The summed E-state index contributed by atoms with van der Waals surface area (Å²) < 4.78 is 0. The largest absolute Gasteiger partial charge is 0.338 e. The summed E-state index contributed by atoms with van der Waals surface area (Å²) in [5.74, 6) is 0.910. The highest BCUT2D eigenvalue weighted by Crippen LogP contribution is 2.35. The smallest absolute Gasteiger partial charge is 0.264 e. The molecule has 0 N–H and O–H groups in total. The van der Waals surface area contributed by atoms with Crippen molar-refractivity contribution in [2.75, 3.05) is 46.3 Å². The SMILES string of the molecule is Cc1cc(-c2ccc(C3CCN(C4CCN(C)CC4)CC3)cc2)sc1C(=O)N1CCCC1. The van der Waals surface area contributed by atoms with E-state index in [2.05, 4.69) is 54.1 Å².